The van der Waals surface area contributed by atoms with Crippen LogP contribution in [0.25, 0.3) is 0 Å². The standard InChI is InChI=1S/C19H21NO6S/c1-14-4-3-5-15(12-14)26-19(21)17-13-16(6-7-18(17)24-2)27(22,23)20-8-10-25-11-9-20/h3-7,12-13H,8-11H2,1-2H3. The van der Waals surface area contributed by atoms with Crippen LogP contribution in [0.1, 0.15) is 15.9 Å². The number of hydrogen-bond donors (Lipinski definition) is 0. The zero-order chi connectivity index (χ0) is 19.4. The molecule has 1 aliphatic rings. The Labute approximate surface area is 158 Å². The summed E-state index contributed by atoms with van der Waals surface area (Å²) in [5.74, 6) is -0.0615. The van der Waals surface area contributed by atoms with E-state index >= 15 is 0 Å². The highest BCUT2D eigenvalue weighted by Gasteiger charge is 2.28. The number of methoxy groups -OCH3 is 1. The molecule has 0 aliphatic carbocycles. The maximum atomic E-state index is 12.8. The summed E-state index contributed by atoms with van der Waals surface area (Å²) in [7, 11) is -2.32. The van der Waals surface area contributed by atoms with Gasteiger partial charge in [-0.05, 0) is 42.8 Å². The van der Waals surface area contributed by atoms with Gasteiger partial charge in [0.2, 0.25) is 10.0 Å². The second kappa shape index (κ2) is 8.08. The summed E-state index contributed by atoms with van der Waals surface area (Å²) in [5, 5.41) is 0. The van der Waals surface area contributed by atoms with E-state index in [0.29, 0.717) is 19.0 Å². The fourth-order valence-corrected chi connectivity index (χ4v) is 4.22. The van der Waals surface area contributed by atoms with Crippen LogP contribution in [0.4, 0.5) is 0 Å². The van der Waals surface area contributed by atoms with Gasteiger partial charge >= 0.3 is 5.97 Å². The summed E-state index contributed by atoms with van der Waals surface area (Å²) in [4.78, 5) is 12.6. The van der Waals surface area contributed by atoms with Crippen LogP contribution < -0.4 is 9.47 Å². The number of carbonyl (C=O) groups is 1. The highest BCUT2D eigenvalue weighted by atomic mass is 32.2. The first-order chi connectivity index (χ1) is 12.9. The SMILES string of the molecule is COc1ccc(S(=O)(=O)N2CCOCC2)cc1C(=O)Oc1cccc(C)c1. The van der Waals surface area contributed by atoms with Crippen LogP contribution in [-0.2, 0) is 14.8 Å². The number of rotatable bonds is 5. The molecule has 3 rings (SSSR count). The van der Waals surface area contributed by atoms with E-state index in [0.717, 1.165) is 5.56 Å². The monoisotopic (exact) mass is 391 g/mol. The highest BCUT2D eigenvalue weighted by molar-refractivity contribution is 7.89. The van der Waals surface area contributed by atoms with E-state index in [-0.39, 0.29) is 29.3 Å². The fourth-order valence-electron chi connectivity index (χ4n) is 2.78. The minimum Gasteiger partial charge on any atom is -0.496 e. The third kappa shape index (κ3) is 4.29. The molecule has 0 N–H and O–H groups in total. The Morgan fingerprint density at radius 3 is 2.52 bits per heavy atom. The van der Waals surface area contributed by atoms with Crippen molar-refractivity contribution in [3.05, 3.63) is 53.6 Å². The number of morpholine rings is 1. The molecule has 8 heteroatoms. The number of carbonyl (C=O) groups excluding carboxylic acids is 1. The van der Waals surface area contributed by atoms with Gasteiger partial charge in [0.1, 0.15) is 17.1 Å². The van der Waals surface area contributed by atoms with Crippen molar-refractivity contribution in [3.8, 4) is 11.5 Å². The first kappa shape index (κ1) is 19.3. The maximum Gasteiger partial charge on any atom is 0.347 e. The lowest BCUT2D eigenvalue weighted by atomic mass is 10.2. The molecule has 144 valence electrons. The number of aryl methyl sites for hydroxylation is 1. The Hall–Kier alpha value is -2.42. The Balaban J connectivity index is 1.92. The van der Waals surface area contributed by atoms with Crippen molar-refractivity contribution in [3.63, 3.8) is 0 Å². The summed E-state index contributed by atoms with van der Waals surface area (Å²) in [6, 6.07) is 11.2. The zero-order valence-corrected chi connectivity index (χ0v) is 16.0. The number of hydrogen-bond acceptors (Lipinski definition) is 6. The molecule has 7 nitrogen and oxygen atoms in total. The lowest BCUT2D eigenvalue weighted by molar-refractivity contribution is 0.0725. The zero-order valence-electron chi connectivity index (χ0n) is 15.2. The second-order valence-corrected chi connectivity index (χ2v) is 8.02. The molecule has 0 saturated carbocycles. The highest BCUT2D eigenvalue weighted by Crippen LogP contribution is 2.26. The van der Waals surface area contributed by atoms with Gasteiger partial charge in [-0.15, -0.1) is 0 Å². The maximum absolute atomic E-state index is 12.8. The van der Waals surface area contributed by atoms with Crippen molar-refractivity contribution >= 4 is 16.0 Å². The van der Waals surface area contributed by atoms with Crippen LogP contribution in [-0.4, -0.2) is 52.1 Å². The Kier molecular flexibility index (Phi) is 5.79. The van der Waals surface area contributed by atoms with Crippen molar-refractivity contribution in [2.24, 2.45) is 0 Å². The fraction of sp³-hybridized carbons (Fsp3) is 0.316. The first-order valence-electron chi connectivity index (χ1n) is 8.46. The molecule has 0 aromatic heterocycles. The number of ether oxygens (including phenoxy) is 3. The van der Waals surface area contributed by atoms with Gasteiger partial charge in [-0.1, -0.05) is 12.1 Å². The van der Waals surface area contributed by atoms with E-state index in [9.17, 15) is 13.2 Å². The van der Waals surface area contributed by atoms with Crippen molar-refractivity contribution < 1.29 is 27.4 Å². The lowest BCUT2D eigenvalue weighted by Crippen LogP contribution is -2.40. The van der Waals surface area contributed by atoms with Crippen molar-refractivity contribution in [2.45, 2.75) is 11.8 Å². The van der Waals surface area contributed by atoms with E-state index in [1.807, 2.05) is 13.0 Å². The molecule has 0 spiro atoms. The van der Waals surface area contributed by atoms with Gasteiger partial charge in [-0.25, -0.2) is 13.2 Å². The molecule has 2 aromatic rings. The van der Waals surface area contributed by atoms with Crippen LogP contribution in [0.5, 0.6) is 11.5 Å². The molecule has 0 bridgehead atoms. The molecular weight excluding hydrogens is 370 g/mol. The molecular formula is C19H21NO6S. The summed E-state index contributed by atoms with van der Waals surface area (Å²) in [5.41, 5.74) is 0.990. The van der Waals surface area contributed by atoms with Crippen molar-refractivity contribution in [2.75, 3.05) is 33.4 Å². The van der Waals surface area contributed by atoms with Gasteiger partial charge in [0.05, 0.1) is 25.2 Å². The average Bonchev–Trinajstić information content (AvgIpc) is 2.68. The molecule has 0 atom stereocenters. The smallest absolute Gasteiger partial charge is 0.347 e. The van der Waals surface area contributed by atoms with E-state index in [1.165, 1.54) is 29.6 Å². The molecule has 1 saturated heterocycles. The topological polar surface area (TPSA) is 82.1 Å². The van der Waals surface area contributed by atoms with Gasteiger partial charge in [-0.3, -0.25) is 0 Å². The third-order valence-electron chi connectivity index (χ3n) is 4.20. The molecule has 1 heterocycles. The molecule has 27 heavy (non-hydrogen) atoms. The minimum absolute atomic E-state index is 0.0152. The van der Waals surface area contributed by atoms with E-state index in [4.69, 9.17) is 14.2 Å². The van der Waals surface area contributed by atoms with E-state index in [1.54, 1.807) is 18.2 Å². The van der Waals surface area contributed by atoms with Crippen LogP contribution in [0.3, 0.4) is 0 Å². The molecule has 0 unspecified atom stereocenters. The average molecular weight is 391 g/mol. The predicted octanol–water partition coefficient (Wildman–Crippen LogP) is 2.24. The lowest BCUT2D eigenvalue weighted by Gasteiger charge is -2.26. The number of esters is 1. The first-order valence-corrected chi connectivity index (χ1v) is 9.90. The summed E-state index contributed by atoms with van der Waals surface area (Å²) in [6.07, 6.45) is 0. The van der Waals surface area contributed by atoms with E-state index < -0.39 is 16.0 Å². The summed E-state index contributed by atoms with van der Waals surface area (Å²) < 4.78 is 42.8. The number of sulfonamides is 1. The van der Waals surface area contributed by atoms with Gasteiger partial charge < -0.3 is 14.2 Å². The van der Waals surface area contributed by atoms with Crippen LogP contribution in [0, 0.1) is 6.92 Å². The molecule has 0 radical (unpaired) electrons. The summed E-state index contributed by atoms with van der Waals surface area (Å²) in [6.45, 7) is 3.12. The largest absolute Gasteiger partial charge is 0.496 e. The molecule has 0 amide bonds. The minimum atomic E-state index is -3.73. The predicted molar refractivity (Wildman–Crippen MR) is 98.7 cm³/mol. The third-order valence-corrected chi connectivity index (χ3v) is 6.09. The normalized spacial score (nSPS) is 15.3. The van der Waals surface area contributed by atoms with Crippen molar-refractivity contribution in [1.29, 1.82) is 0 Å². The molecule has 2 aromatic carbocycles. The quantitative estimate of drug-likeness (QED) is 0.574. The van der Waals surface area contributed by atoms with Crippen LogP contribution >= 0.6 is 0 Å². The van der Waals surface area contributed by atoms with E-state index in [2.05, 4.69) is 0 Å². The van der Waals surface area contributed by atoms with Gasteiger partial charge in [0.15, 0.2) is 0 Å². The van der Waals surface area contributed by atoms with Crippen LogP contribution in [0.2, 0.25) is 0 Å². The second-order valence-electron chi connectivity index (χ2n) is 6.08. The molecule has 1 fully saturated rings. The number of nitrogens with zero attached hydrogens (tertiary/aromatic N) is 1. The Bertz CT molecular complexity index is 935. The van der Waals surface area contributed by atoms with Crippen LogP contribution in [0.15, 0.2) is 47.4 Å². The van der Waals surface area contributed by atoms with Crippen molar-refractivity contribution in [1.82, 2.24) is 4.31 Å². The van der Waals surface area contributed by atoms with Gasteiger partial charge in [0.25, 0.3) is 0 Å². The Morgan fingerprint density at radius 2 is 1.85 bits per heavy atom. The summed E-state index contributed by atoms with van der Waals surface area (Å²) >= 11 is 0. The number of benzene rings is 2. The molecule has 1 aliphatic heterocycles. The van der Waals surface area contributed by atoms with Gasteiger partial charge in [0, 0.05) is 13.1 Å². The Morgan fingerprint density at radius 1 is 1.11 bits per heavy atom. The van der Waals surface area contributed by atoms with Gasteiger partial charge in [-0.2, -0.15) is 4.31 Å².